The molecule has 1 atom stereocenters. The summed E-state index contributed by atoms with van der Waals surface area (Å²) in [6, 6.07) is 0. The predicted molar refractivity (Wildman–Crippen MR) is 119 cm³/mol. The summed E-state index contributed by atoms with van der Waals surface area (Å²) in [6.45, 7) is 8.93. The van der Waals surface area contributed by atoms with Crippen molar-refractivity contribution in [3.8, 4) is 0 Å². The van der Waals surface area contributed by atoms with E-state index in [-0.39, 0.29) is 36.2 Å². The van der Waals surface area contributed by atoms with Gasteiger partial charge in [0.2, 0.25) is 0 Å². The van der Waals surface area contributed by atoms with Crippen LogP contribution in [0.5, 0.6) is 0 Å². The summed E-state index contributed by atoms with van der Waals surface area (Å²) >= 11 is 0. The van der Waals surface area contributed by atoms with Crippen LogP contribution >= 0.6 is 24.0 Å². The number of halogens is 1. The molecule has 0 aromatic carbocycles. The fraction of sp³-hybridized carbons (Fsp3) is 0.722. The molecule has 0 aliphatic carbocycles. The zero-order chi connectivity index (χ0) is 19.9. The van der Waals surface area contributed by atoms with Gasteiger partial charge in [0.1, 0.15) is 11.7 Å². The molecule has 9 nitrogen and oxygen atoms in total. The molecule has 10 heteroatoms. The normalized spacial score (nSPS) is 17.7. The maximum absolute atomic E-state index is 11.6. The van der Waals surface area contributed by atoms with Crippen LogP contribution in [0.4, 0.5) is 4.79 Å². The summed E-state index contributed by atoms with van der Waals surface area (Å²) in [5, 5.41) is 10.3. The number of nitrogens with zero attached hydrogens (tertiary/aromatic N) is 4. The van der Waals surface area contributed by atoms with Gasteiger partial charge in [-0.15, -0.1) is 24.0 Å². The third-order valence-electron chi connectivity index (χ3n) is 3.98. The van der Waals surface area contributed by atoms with E-state index in [9.17, 15) is 4.79 Å². The lowest BCUT2D eigenvalue weighted by Gasteiger charge is -2.34. The molecule has 1 aliphatic heterocycles. The zero-order valence-corrected chi connectivity index (χ0v) is 19.7. The highest BCUT2D eigenvalue weighted by Crippen LogP contribution is 2.21. The Morgan fingerprint density at radius 3 is 2.71 bits per heavy atom. The summed E-state index contributed by atoms with van der Waals surface area (Å²) in [5.41, 5.74) is 0.588. The van der Waals surface area contributed by atoms with Gasteiger partial charge in [-0.25, -0.2) is 4.79 Å². The van der Waals surface area contributed by atoms with Crippen LogP contribution in [-0.2, 0) is 16.5 Å². The third kappa shape index (κ3) is 8.21. The van der Waals surface area contributed by atoms with Crippen molar-refractivity contribution >= 4 is 36.0 Å². The SMILES string of the molecule is CN=C(NCCCNC(=O)OC(C)(C)C)N1CCOC(c2cnn(C)c2)C1.I. The molecule has 0 saturated carbocycles. The molecule has 1 amide bonds. The Bertz CT molecular complexity index is 644. The first kappa shape index (κ1) is 24.5. The van der Waals surface area contributed by atoms with Crippen molar-refractivity contribution in [3.63, 3.8) is 0 Å². The van der Waals surface area contributed by atoms with Crippen LogP contribution in [0.3, 0.4) is 0 Å². The van der Waals surface area contributed by atoms with E-state index in [1.165, 1.54) is 0 Å². The number of morpholine rings is 1. The number of hydrogen-bond donors (Lipinski definition) is 2. The Morgan fingerprint density at radius 1 is 1.39 bits per heavy atom. The monoisotopic (exact) mass is 508 g/mol. The van der Waals surface area contributed by atoms with Crippen molar-refractivity contribution in [2.24, 2.45) is 12.0 Å². The van der Waals surface area contributed by atoms with E-state index in [2.05, 4.69) is 25.6 Å². The number of nitrogens with one attached hydrogen (secondary N) is 2. The van der Waals surface area contributed by atoms with Crippen LogP contribution in [-0.4, -0.2) is 72.2 Å². The predicted octanol–water partition coefficient (Wildman–Crippen LogP) is 1.90. The van der Waals surface area contributed by atoms with Crippen LogP contribution in [0.1, 0.15) is 38.9 Å². The molecule has 1 saturated heterocycles. The number of aryl methyl sites for hydroxylation is 1. The lowest BCUT2D eigenvalue weighted by atomic mass is 10.1. The number of ether oxygens (including phenoxy) is 2. The van der Waals surface area contributed by atoms with E-state index in [0.29, 0.717) is 19.7 Å². The highest BCUT2D eigenvalue weighted by molar-refractivity contribution is 14.0. The Kier molecular flexibility index (Phi) is 10.0. The number of rotatable bonds is 5. The van der Waals surface area contributed by atoms with E-state index >= 15 is 0 Å². The molecule has 2 rings (SSSR count). The highest BCUT2D eigenvalue weighted by atomic mass is 127. The molecule has 1 aliphatic rings. The highest BCUT2D eigenvalue weighted by Gasteiger charge is 2.25. The smallest absolute Gasteiger partial charge is 0.407 e. The molecule has 1 unspecified atom stereocenters. The maximum atomic E-state index is 11.6. The first-order chi connectivity index (χ1) is 12.8. The molecular formula is C18H33IN6O3. The van der Waals surface area contributed by atoms with Crippen LogP contribution < -0.4 is 10.6 Å². The first-order valence-corrected chi connectivity index (χ1v) is 9.31. The largest absolute Gasteiger partial charge is 0.444 e. The van der Waals surface area contributed by atoms with E-state index < -0.39 is 5.60 Å². The van der Waals surface area contributed by atoms with Crippen molar-refractivity contribution in [2.75, 3.05) is 39.8 Å². The summed E-state index contributed by atoms with van der Waals surface area (Å²) in [6.07, 6.45) is 4.19. The number of carbonyl (C=O) groups excluding carboxylic acids is 1. The molecule has 1 fully saturated rings. The Balaban J connectivity index is 0.00000392. The van der Waals surface area contributed by atoms with Crippen LogP contribution in [0.25, 0.3) is 0 Å². The van der Waals surface area contributed by atoms with Crippen molar-refractivity contribution in [1.82, 2.24) is 25.3 Å². The molecule has 2 heterocycles. The van der Waals surface area contributed by atoms with Gasteiger partial charge in [-0.1, -0.05) is 0 Å². The second kappa shape index (κ2) is 11.4. The number of guanidine groups is 1. The van der Waals surface area contributed by atoms with E-state index in [4.69, 9.17) is 9.47 Å². The minimum Gasteiger partial charge on any atom is -0.444 e. The topological polar surface area (TPSA) is 93.0 Å². The van der Waals surface area contributed by atoms with Crippen LogP contribution in [0.15, 0.2) is 17.4 Å². The average Bonchev–Trinajstić information content (AvgIpc) is 3.03. The third-order valence-corrected chi connectivity index (χ3v) is 3.98. The molecule has 28 heavy (non-hydrogen) atoms. The standard InChI is InChI=1S/C18H32N6O3.HI/c1-18(2,3)27-17(25)21-8-6-7-20-16(19-4)24-9-10-26-15(13-24)14-11-22-23(5)12-14;/h11-12,15H,6-10,13H2,1-5H3,(H,19,20)(H,21,25);1H. The molecule has 1 aromatic rings. The van der Waals surface area contributed by atoms with Gasteiger partial charge in [0.05, 0.1) is 19.3 Å². The van der Waals surface area contributed by atoms with Crippen molar-refractivity contribution < 1.29 is 14.3 Å². The zero-order valence-electron chi connectivity index (χ0n) is 17.4. The number of amides is 1. The number of alkyl carbamates (subject to hydrolysis) is 1. The second-order valence-electron chi connectivity index (χ2n) is 7.51. The summed E-state index contributed by atoms with van der Waals surface area (Å²) in [5.74, 6) is 0.837. The van der Waals surface area contributed by atoms with E-state index in [0.717, 1.165) is 31.0 Å². The molecule has 160 valence electrons. The second-order valence-corrected chi connectivity index (χ2v) is 7.51. The van der Waals surface area contributed by atoms with Crippen LogP contribution in [0, 0.1) is 0 Å². The van der Waals surface area contributed by atoms with Gasteiger partial charge in [-0.2, -0.15) is 5.10 Å². The minimum atomic E-state index is -0.481. The summed E-state index contributed by atoms with van der Waals surface area (Å²) < 4.78 is 12.9. The number of carbonyl (C=O) groups is 1. The lowest BCUT2D eigenvalue weighted by Crippen LogP contribution is -2.48. The first-order valence-electron chi connectivity index (χ1n) is 9.31. The maximum Gasteiger partial charge on any atom is 0.407 e. The Morgan fingerprint density at radius 2 is 2.11 bits per heavy atom. The van der Waals surface area contributed by atoms with Crippen molar-refractivity contribution in [2.45, 2.75) is 38.9 Å². The van der Waals surface area contributed by atoms with Gasteiger partial charge in [0.25, 0.3) is 0 Å². The number of aromatic nitrogens is 2. The average molecular weight is 508 g/mol. The van der Waals surface area contributed by atoms with E-state index in [1.54, 1.807) is 11.7 Å². The number of aliphatic imine (C=N–C) groups is 1. The van der Waals surface area contributed by atoms with Gasteiger partial charge in [0, 0.05) is 45.5 Å². The van der Waals surface area contributed by atoms with Gasteiger partial charge in [-0.3, -0.25) is 9.67 Å². The molecule has 2 N–H and O–H groups in total. The Labute approximate surface area is 184 Å². The summed E-state index contributed by atoms with van der Waals surface area (Å²) in [4.78, 5) is 18.2. The molecule has 1 aromatic heterocycles. The van der Waals surface area contributed by atoms with Gasteiger partial charge in [0.15, 0.2) is 5.96 Å². The molecule has 0 bridgehead atoms. The number of hydrogen-bond acceptors (Lipinski definition) is 5. The fourth-order valence-corrected chi connectivity index (χ4v) is 2.78. The molecule has 0 spiro atoms. The van der Waals surface area contributed by atoms with Gasteiger partial charge < -0.3 is 25.0 Å². The lowest BCUT2D eigenvalue weighted by molar-refractivity contribution is -0.00802. The van der Waals surface area contributed by atoms with Crippen molar-refractivity contribution in [1.29, 1.82) is 0 Å². The quantitative estimate of drug-likeness (QED) is 0.273. The minimum absolute atomic E-state index is 0. The molecular weight excluding hydrogens is 475 g/mol. The summed E-state index contributed by atoms with van der Waals surface area (Å²) in [7, 11) is 3.67. The van der Waals surface area contributed by atoms with Crippen molar-refractivity contribution in [3.05, 3.63) is 18.0 Å². The van der Waals surface area contributed by atoms with Gasteiger partial charge >= 0.3 is 6.09 Å². The Hall–Kier alpha value is -1.56. The fourth-order valence-electron chi connectivity index (χ4n) is 2.78. The van der Waals surface area contributed by atoms with Gasteiger partial charge in [-0.05, 0) is 27.2 Å². The van der Waals surface area contributed by atoms with E-state index in [1.807, 2.05) is 40.2 Å². The molecule has 0 radical (unpaired) electrons. The van der Waals surface area contributed by atoms with Crippen LogP contribution in [0.2, 0.25) is 0 Å².